The summed E-state index contributed by atoms with van der Waals surface area (Å²) in [6, 6.07) is 24.7. The molecule has 2 saturated heterocycles. The van der Waals surface area contributed by atoms with Gasteiger partial charge in [-0.2, -0.15) is 73.1 Å². The molecule has 10 rings (SSSR count). The Bertz CT molecular complexity index is 3520. The quantitative estimate of drug-likeness (QED) is 0.0805. The van der Waals surface area contributed by atoms with E-state index in [0.717, 1.165) is 72.7 Å². The molecule has 0 bridgehead atoms. The molecule has 0 N–H and O–H groups in total. The molecule has 0 aliphatic carbocycles. The summed E-state index contributed by atoms with van der Waals surface area (Å²) < 4.78 is 166. The first-order chi connectivity index (χ1) is 40.1. The van der Waals surface area contributed by atoms with Gasteiger partial charge in [-0.1, -0.05) is 39.1 Å². The molecule has 0 saturated carbocycles. The fraction of sp³-hybridized carbons (Fsp3) is 0.456. The van der Waals surface area contributed by atoms with E-state index in [1.54, 1.807) is 21.8 Å². The highest BCUT2D eigenvalue weighted by Crippen LogP contribution is 2.39. The summed E-state index contributed by atoms with van der Waals surface area (Å²) in [5, 5.41) is 21.5. The van der Waals surface area contributed by atoms with E-state index in [1.807, 2.05) is 117 Å². The van der Waals surface area contributed by atoms with Gasteiger partial charge in [0.1, 0.15) is 5.60 Å². The van der Waals surface area contributed by atoms with Crippen LogP contribution in [0.2, 0.25) is 0 Å². The van der Waals surface area contributed by atoms with Gasteiger partial charge in [-0.05, 0) is 91.6 Å². The Labute approximate surface area is 502 Å². The normalized spacial score (nSPS) is 14.9. The van der Waals surface area contributed by atoms with Crippen LogP contribution in [-0.2, 0) is 42.4 Å². The highest BCUT2D eigenvalue weighted by Gasteiger charge is 2.61. The molecule has 8 aromatic rings. The van der Waals surface area contributed by atoms with Crippen molar-refractivity contribution in [2.75, 3.05) is 52.4 Å². The van der Waals surface area contributed by atoms with Crippen molar-refractivity contribution in [3.05, 3.63) is 120 Å². The second kappa shape index (κ2) is 26.9. The molecule has 2 amide bonds. The molecule has 2 aliphatic heterocycles. The number of carbonyl (C=O) groups is 3. The molecule has 31 heteroatoms. The van der Waals surface area contributed by atoms with Crippen molar-refractivity contribution < 1.29 is 81.3 Å². The Morgan fingerprint density at radius 1 is 0.432 bits per heavy atom. The molecular formula is C57H65ClF12N12O6. The Morgan fingerprint density at radius 2 is 0.693 bits per heavy atom. The van der Waals surface area contributed by atoms with E-state index in [2.05, 4.69) is 82.8 Å². The number of amides is 2. The van der Waals surface area contributed by atoms with E-state index in [0.29, 0.717) is 13.1 Å². The number of alkyl halides is 12. The van der Waals surface area contributed by atoms with Crippen LogP contribution in [0.3, 0.4) is 0 Å². The Morgan fingerprint density at radius 3 is 0.932 bits per heavy atom. The van der Waals surface area contributed by atoms with Crippen molar-refractivity contribution in [3.63, 3.8) is 0 Å². The minimum atomic E-state index is -5.77. The van der Waals surface area contributed by atoms with Gasteiger partial charge in [0.05, 0.1) is 58.9 Å². The minimum absolute atomic E-state index is 0. The van der Waals surface area contributed by atoms with Gasteiger partial charge in [-0.3, -0.25) is 28.5 Å². The van der Waals surface area contributed by atoms with E-state index in [4.69, 9.17) is 4.74 Å². The highest BCUT2D eigenvalue weighted by atomic mass is 35.5. The smallest absolute Gasteiger partial charge is 0.434 e. The van der Waals surface area contributed by atoms with Crippen molar-refractivity contribution in [2.45, 2.75) is 90.2 Å². The number of aromatic nitrogens is 8. The SMILES string of the molecule is C.C.Cn1ncc2cc(C(c3ccc4c(cnn4C)c3)N3CCN(C(=O)OC(C(F)(F)F)C(F)(F)F)CC3)ccc21.Cn1ncc2cc(C(c3ccc4c(cnn4C)c3)N3CCN(C(=O)OC(C)(C)C)CC3)ccc21.O=C(Cl)OC(C(F)(F)F)C(F)(F)F. The van der Waals surface area contributed by atoms with Gasteiger partial charge < -0.3 is 24.0 Å². The van der Waals surface area contributed by atoms with Gasteiger partial charge in [-0.25, -0.2) is 14.4 Å². The van der Waals surface area contributed by atoms with Crippen LogP contribution in [-0.4, -0.2) is 171 Å². The van der Waals surface area contributed by atoms with Crippen molar-refractivity contribution in [2.24, 2.45) is 28.2 Å². The lowest BCUT2D eigenvalue weighted by atomic mass is 9.94. The van der Waals surface area contributed by atoms with Crippen LogP contribution >= 0.6 is 11.6 Å². The van der Waals surface area contributed by atoms with Crippen molar-refractivity contribution in [1.82, 2.24) is 58.7 Å². The summed E-state index contributed by atoms with van der Waals surface area (Å²) in [4.78, 5) is 41.7. The van der Waals surface area contributed by atoms with Gasteiger partial charge in [-0.15, -0.1) is 0 Å². The standard InChI is InChI=1S/C26H32N6O2.C25H24F6N6O2.C4HClF6O2.2CH4/c1-26(2,3)34-25(33)32-12-10-31(11-13-32)24(18-6-8-22-20(14-18)16-27-29(22)4)19-7-9-23-21(15-19)17-28-30(23)5;1-34-19-5-3-15(11-17(19)13-32-34)21(16-4-6-20-18(12-16)14-33-35(20)2)36-7-9-37(10-8-36)23(38)39-22(24(26,27)28)25(29,30)31;5-2(12)13-1(3(6,7)8)4(9,10)11;;/h6-9,14-17,24H,10-13H2,1-5H3;3-6,11-14,21-22H,7-10H2,1-2H3;1H;2*1H4. The molecule has 6 heterocycles. The second-order valence-electron chi connectivity index (χ2n) is 21.3. The fourth-order valence-electron chi connectivity index (χ4n) is 10.2. The Balaban J connectivity index is 0.000000231. The number of benzene rings is 4. The van der Waals surface area contributed by atoms with Crippen LogP contribution in [0.25, 0.3) is 43.6 Å². The monoisotopic (exact) mass is 1280 g/mol. The molecule has 0 radical (unpaired) electrons. The first-order valence-electron chi connectivity index (χ1n) is 26.3. The lowest BCUT2D eigenvalue weighted by Gasteiger charge is -2.40. The maximum absolute atomic E-state index is 12.9. The van der Waals surface area contributed by atoms with Crippen LogP contribution in [0.5, 0.6) is 0 Å². The van der Waals surface area contributed by atoms with Gasteiger partial charge in [0.25, 0.3) is 12.2 Å². The molecule has 4 aromatic heterocycles. The largest absolute Gasteiger partial charge is 0.444 e. The third-order valence-corrected chi connectivity index (χ3v) is 14.3. The van der Waals surface area contributed by atoms with Crippen LogP contribution in [0.1, 0.15) is 70.0 Å². The molecule has 2 fully saturated rings. The van der Waals surface area contributed by atoms with Crippen LogP contribution in [0.15, 0.2) is 97.6 Å². The molecule has 18 nitrogen and oxygen atoms in total. The van der Waals surface area contributed by atoms with E-state index in [-0.39, 0.29) is 59.2 Å². The lowest BCUT2D eigenvalue weighted by Crippen LogP contribution is -2.53. The number of piperazine rings is 2. The lowest BCUT2D eigenvalue weighted by molar-refractivity contribution is -0.308. The van der Waals surface area contributed by atoms with E-state index in [1.165, 1.54) is 11.1 Å². The van der Waals surface area contributed by atoms with E-state index >= 15 is 0 Å². The van der Waals surface area contributed by atoms with Crippen molar-refractivity contribution >= 4 is 72.8 Å². The van der Waals surface area contributed by atoms with Crippen LogP contribution in [0, 0.1) is 0 Å². The number of halogens is 13. The number of ether oxygens (including phenoxy) is 3. The molecule has 0 unspecified atom stereocenters. The summed E-state index contributed by atoms with van der Waals surface area (Å²) in [5.74, 6) is 0. The summed E-state index contributed by atoms with van der Waals surface area (Å²) in [6.45, 7) is 8.67. The predicted octanol–water partition coefficient (Wildman–Crippen LogP) is 13.0. The molecule has 480 valence electrons. The third kappa shape index (κ3) is 16.3. The van der Waals surface area contributed by atoms with Gasteiger partial charge in [0.2, 0.25) is 0 Å². The number of nitrogens with zero attached hydrogens (tertiary/aromatic N) is 12. The van der Waals surface area contributed by atoms with Gasteiger partial charge >= 0.3 is 42.3 Å². The zero-order chi connectivity index (χ0) is 63.0. The fourth-order valence-corrected chi connectivity index (χ4v) is 10.3. The van der Waals surface area contributed by atoms with Gasteiger partial charge in [0, 0.05) is 114 Å². The van der Waals surface area contributed by atoms with Crippen LogP contribution in [0.4, 0.5) is 67.1 Å². The average molecular weight is 1280 g/mol. The molecule has 0 spiro atoms. The molecule has 2 aliphatic rings. The number of carbonyl (C=O) groups excluding carboxylic acids is 3. The molecular weight excluding hydrogens is 1210 g/mol. The number of hydrogen-bond donors (Lipinski definition) is 0. The number of fused-ring (bicyclic) bond motifs is 4. The first-order valence-corrected chi connectivity index (χ1v) is 26.7. The van der Waals surface area contributed by atoms with Crippen molar-refractivity contribution in [1.29, 1.82) is 0 Å². The van der Waals surface area contributed by atoms with Crippen LogP contribution < -0.4 is 0 Å². The Kier molecular flexibility index (Phi) is 21.1. The molecule has 88 heavy (non-hydrogen) atoms. The zero-order valence-electron chi connectivity index (χ0n) is 46.9. The predicted molar refractivity (Wildman–Crippen MR) is 303 cm³/mol. The topological polar surface area (TPSA) is 163 Å². The molecule has 4 aromatic carbocycles. The average Bonchev–Trinajstić information content (AvgIpc) is 4.09. The Hall–Kier alpha value is -7.86. The summed E-state index contributed by atoms with van der Waals surface area (Å²) in [6.07, 6.45) is -25.9. The maximum atomic E-state index is 12.9. The summed E-state index contributed by atoms with van der Waals surface area (Å²) in [7, 11) is 7.59. The third-order valence-electron chi connectivity index (χ3n) is 14.2. The van der Waals surface area contributed by atoms with E-state index in [9.17, 15) is 67.1 Å². The second-order valence-corrected chi connectivity index (χ2v) is 21.7. The summed E-state index contributed by atoms with van der Waals surface area (Å²) in [5.41, 5.74) is 5.69. The minimum Gasteiger partial charge on any atom is -0.444 e. The van der Waals surface area contributed by atoms with Gasteiger partial charge in [0.15, 0.2) is 0 Å². The highest BCUT2D eigenvalue weighted by molar-refractivity contribution is 6.61. The first kappa shape index (κ1) is 69.2. The van der Waals surface area contributed by atoms with E-state index < -0.39 is 54.0 Å². The zero-order valence-corrected chi connectivity index (χ0v) is 47.7. The summed E-state index contributed by atoms with van der Waals surface area (Å²) >= 11 is 4.22. The number of rotatable bonds is 8. The maximum Gasteiger partial charge on any atom is 0.434 e. The van der Waals surface area contributed by atoms with Crippen molar-refractivity contribution in [3.8, 4) is 0 Å². The number of aryl methyl sites for hydroxylation is 4. The number of hydrogen-bond acceptors (Lipinski definition) is 12. The molecule has 0 atom stereocenters.